The molecule has 3 heterocycles. The molecule has 0 bridgehead atoms. The Bertz CT molecular complexity index is 465. The summed E-state index contributed by atoms with van der Waals surface area (Å²) in [6, 6.07) is 0.503. The van der Waals surface area contributed by atoms with Gasteiger partial charge in [-0.3, -0.25) is 0 Å². The van der Waals surface area contributed by atoms with Gasteiger partial charge >= 0.3 is 0 Å². The van der Waals surface area contributed by atoms with Crippen LogP contribution in [0.1, 0.15) is 30.5 Å². The molecule has 1 aromatic rings. The zero-order valence-corrected chi connectivity index (χ0v) is 13.1. The van der Waals surface area contributed by atoms with Gasteiger partial charge in [0.25, 0.3) is 0 Å². The monoisotopic (exact) mass is 290 g/mol. The predicted molar refractivity (Wildman–Crippen MR) is 83.5 cm³/mol. The van der Waals surface area contributed by atoms with Crippen molar-refractivity contribution in [2.24, 2.45) is 5.92 Å². The molecule has 3 rings (SSSR count). The second-order valence-corrected chi connectivity index (χ2v) is 6.41. The molecular weight excluding hydrogens is 264 g/mol. The van der Waals surface area contributed by atoms with Gasteiger partial charge in [-0.15, -0.1) is 0 Å². The summed E-state index contributed by atoms with van der Waals surface area (Å²) >= 11 is 0. The molecule has 2 saturated heterocycles. The Balaban J connectivity index is 1.45. The summed E-state index contributed by atoms with van der Waals surface area (Å²) in [5, 5.41) is 3.49. The van der Waals surface area contributed by atoms with Crippen molar-refractivity contribution < 1.29 is 4.74 Å². The number of ether oxygens (including phenoxy) is 1. The van der Waals surface area contributed by atoms with E-state index in [-0.39, 0.29) is 0 Å². The van der Waals surface area contributed by atoms with Gasteiger partial charge in [0.05, 0.1) is 6.61 Å². The van der Waals surface area contributed by atoms with Crippen LogP contribution in [-0.2, 0) is 4.74 Å². The number of nitrogens with zero attached hydrogens (tertiary/aromatic N) is 3. The highest BCUT2D eigenvalue weighted by Gasteiger charge is 2.24. The molecule has 0 unspecified atom stereocenters. The Morgan fingerprint density at radius 1 is 1.29 bits per heavy atom. The van der Waals surface area contributed by atoms with E-state index in [1.807, 2.05) is 20.0 Å². The lowest BCUT2D eigenvalue weighted by Crippen LogP contribution is -2.41. The van der Waals surface area contributed by atoms with Gasteiger partial charge in [-0.05, 0) is 44.6 Å². The van der Waals surface area contributed by atoms with E-state index in [2.05, 4.69) is 20.2 Å². The summed E-state index contributed by atoms with van der Waals surface area (Å²) in [4.78, 5) is 11.5. The van der Waals surface area contributed by atoms with Gasteiger partial charge in [-0.2, -0.15) is 0 Å². The maximum absolute atomic E-state index is 5.46. The van der Waals surface area contributed by atoms with Gasteiger partial charge < -0.3 is 15.0 Å². The first-order chi connectivity index (χ1) is 10.2. The van der Waals surface area contributed by atoms with Crippen LogP contribution in [0.5, 0.6) is 0 Å². The molecule has 5 nitrogen and oxygen atoms in total. The van der Waals surface area contributed by atoms with Crippen LogP contribution in [0.3, 0.4) is 0 Å². The molecular formula is C16H26N4O. The molecule has 0 spiro atoms. The van der Waals surface area contributed by atoms with Gasteiger partial charge in [-0.25, -0.2) is 9.97 Å². The van der Waals surface area contributed by atoms with E-state index in [9.17, 15) is 0 Å². The lowest BCUT2D eigenvalue weighted by atomic mass is 10.0. The molecule has 0 saturated carbocycles. The molecule has 5 heteroatoms. The highest BCUT2D eigenvalue weighted by Crippen LogP contribution is 2.19. The number of hydrogen-bond donors (Lipinski definition) is 1. The zero-order valence-electron chi connectivity index (χ0n) is 13.1. The molecule has 1 atom stereocenters. The minimum absolute atomic E-state index is 0.503. The van der Waals surface area contributed by atoms with Crippen molar-refractivity contribution in [1.82, 2.24) is 14.9 Å². The zero-order chi connectivity index (χ0) is 14.7. The minimum Gasteiger partial charge on any atom is -0.381 e. The molecule has 2 aliphatic heterocycles. The number of piperidine rings is 1. The van der Waals surface area contributed by atoms with Crippen molar-refractivity contribution in [2.45, 2.75) is 39.2 Å². The summed E-state index contributed by atoms with van der Waals surface area (Å²) in [6.45, 7) is 9.52. The maximum atomic E-state index is 5.46. The van der Waals surface area contributed by atoms with Crippen LogP contribution < -0.4 is 5.32 Å². The fourth-order valence-corrected chi connectivity index (χ4v) is 3.13. The molecule has 1 N–H and O–H groups in total. The van der Waals surface area contributed by atoms with Crippen molar-refractivity contribution in [2.75, 3.05) is 38.2 Å². The van der Waals surface area contributed by atoms with Crippen molar-refractivity contribution >= 4 is 5.95 Å². The molecule has 21 heavy (non-hydrogen) atoms. The van der Waals surface area contributed by atoms with Gasteiger partial charge in [0.2, 0.25) is 5.95 Å². The SMILES string of the molecule is Cc1cnc(NC2CCN(C[C@H]3CCOC3)CC2)nc1C. The molecule has 1 aromatic heterocycles. The van der Waals surface area contributed by atoms with E-state index in [0.29, 0.717) is 6.04 Å². The highest BCUT2D eigenvalue weighted by atomic mass is 16.5. The lowest BCUT2D eigenvalue weighted by Gasteiger charge is -2.33. The molecule has 0 amide bonds. The molecule has 2 aliphatic rings. The normalized spacial score (nSPS) is 24.4. The third kappa shape index (κ3) is 3.92. The van der Waals surface area contributed by atoms with Crippen molar-refractivity contribution in [3.05, 3.63) is 17.5 Å². The van der Waals surface area contributed by atoms with Gasteiger partial charge in [0, 0.05) is 44.2 Å². The van der Waals surface area contributed by atoms with Crippen LogP contribution >= 0.6 is 0 Å². The third-order valence-electron chi connectivity index (χ3n) is 4.69. The number of aromatic nitrogens is 2. The fraction of sp³-hybridized carbons (Fsp3) is 0.750. The Labute approximate surface area is 127 Å². The first-order valence-corrected chi connectivity index (χ1v) is 8.07. The summed E-state index contributed by atoms with van der Waals surface area (Å²) in [7, 11) is 0. The van der Waals surface area contributed by atoms with Crippen LogP contribution in [0.2, 0.25) is 0 Å². The summed E-state index contributed by atoms with van der Waals surface area (Å²) in [5.74, 6) is 1.53. The molecule has 2 fully saturated rings. The van der Waals surface area contributed by atoms with E-state index in [1.165, 1.54) is 38.9 Å². The maximum Gasteiger partial charge on any atom is 0.223 e. The first-order valence-electron chi connectivity index (χ1n) is 8.07. The predicted octanol–water partition coefficient (Wildman–Crippen LogP) is 2.01. The Hall–Kier alpha value is -1.20. The van der Waals surface area contributed by atoms with Crippen molar-refractivity contribution in [3.8, 4) is 0 Å². The Morgan fingerprint density at radius 3 is 2.76 bits per heavy atom. The second-order valence-electron chi connectivity index (χ2n) is 6.41. The quantitative estimate of drug-likeness (QED) is 0.919. The van der Waals surface area contributed by atoms with Crippen LogP contribution in [0.25, 0.3) is 0 Å². The Morgan fingerprint density at radius 2 is 2.10 bits per heavy atom. The summed E-state index contributed by atoms with van der Waals surface area (Å²) in [5.41, 5.74) is 2.21. The van der Waals surface area contributed by atoms with Crippen molar-refractivity contribution in [1.29, 1.82) is 0 Å². The average molecular weight is 290 g/mol. The summed E-state index contributed by atoms with van der Waals surface area (Å²) < 4.78 is 5.46. The van der Waals surface area contributed by atoms with Crippen molar-refractivity contribution in [3.63, 3.8) is 0 Å². The van der Waals surface area contributed by atoms with Crippen LogP contribution in [0.4, 0.5) is 5.95 Å². The number of likely N-dealkylation sites (tertiary alicyclic amines) is 1. The standard InChI is InChI=1S/C16H26N4O/c1-12-9-17-16(18-13(12)2)19-15-3-6-20(7-4-15)10-14-5-8-21-11-14/h9,14-15H,3-8,10-11H2,1-2H3,(H,17,18,19)/t14-/m1/s1. The Kier molecular flexibility index (Phi) is 4.70. The molecule has 0 aromatic carbocycles. The molecule has 0 radical (unpaired) electrons. The van der Waals surface area contributed by atoms with Gasteiger partial charge in [0.15, 0.2) is 0 Å². The van der Waals surface area contributed by atoms with E-state index < -0.39 is 0 Å². The van der Waals surface area contributed by atoms with E-state index in [1.54, 1.807) is 0 Å². The molecule has 0 aliphatic carbocycles. The van der Waals surface area contributed by atoms with Crippen LogP contribution in [0, 0.1) is 19.8 Å². The lowest BCUT2D eigenvalue weighted by molar-refractivity contribution is 0.154. The number of anilines is 1. The van der Waals surface area contributed by atoms with Gasteiger partial charge in [0.1, 0.15) is 0 Å². The van der Waals surface area contributed by atoms with Crippen LogP contribution in [0.15, 0.2) is 6.20 Å². The molecule has 116 valence electrons. The first kappa shape index (κ1) is 14.7. The van der Waals surface area contributed by atoms with Gasteiger partial charge in [-0.1, -0.05) is 0 Å². The smallest absolute Gasteiger partial charge is 0.223 e. The second kappa shape index (κ2) is 6.71. The number of rotatable bonds is 4. The van der Waals surface area contributed by atoms with Crippen LogP contribution in [-0.4, -0.2) is 53.8 Å². The number of nitrogens with one attached hydrogen (secondary N) is 1. The number of aryl methyl sites for hydroxylation is 2. The van der Waals surface area contributed by atoms with E-state index in [0.717, 1.165) is 36.3 Å². The third-order valence-corrected chi connectivity index (χ3v) is 4.69. The van der Waals surface area contributed by atoms with E-state index in [4.69, 9.17) is 4.74 Å². The summed E-state index contributed by atoms with van der Waals surface area (Å²) in [6.07, 6.45) is 5.47. The number of hydrogen-bond acceptors (Lipinski definition) is 5. The van der Waals surface area contributed by atoms with E-state index >= 15 is 0 Å². The average Bonchev–Trinajstić information content (AvgIpc) is 2.98. The minimum atomic E-state index is 0.503. The highest BCUT2D eigenvalue weighted by molar-refractivity contribution is 5.29. The largest absolute Gasteiger partial charge is 0.381 e. The topological polar surface area (TPSA) is 50.3 Å². The fourth-order valence-electron chi connectivity index (χ4n) is 3.13.